The Bertz CT molecular complexity index is 692. The number of anilines is 1. The van der Waals surface area contributed by atoms with Crippen molar-refractivity contribution < 1.29 is 0 Å². The first-order chi connectivity index (χ1) is 9.24. The van der Waals surface area contributed by atoms with E-state index < -0.39 is 0 Å². The van der Waals surface area contributed by atoms with E-state index in [-0.39, 0.29) is 5.25 Å². The highest BCUT2D eigenvalue weighted by atomic mass is 32.2. The first-order valence-electron chi connectivity index (χ1n) is 5.90. The van der Waals surface area contributed by atoms with E-state index in [1.165, 1.54) is 5.56 Å². The largest absolute Gasteiger partial charge is 0.399 e. The molecular formula is C13H13N5S. The number of hydrogen-bond acceptors (Lipinski definition) is 5. The Morgan fingerprint density at radius 2 is 1.95 bits per heavy atom. The number of rotatable bonds is 3. The van der Waals surface area contributed by atoms with Gasteiger partial charge in [-0.05, 0) is 24.6 Å². The molecule has 5 nitrogen and oxygen atoms in total. The minimum atomic E-state index is 0.280. The van der Waals surface area contributed by atoms with Crippen LogP contribution in [-0.4, -0.2) is 19.9 Å². The molecule has 0 radical (unpaired) electrons. The number of nitrogens with zero attached hydrogens (tertiary/aromatic N) is 3. The third-order valence-electron chi connectivity index (χ3n) is 2.88. The van der Waals surface area contributed by atoms with Crippen molar-refractivity contribution in [3.63, 3.8) is 0 Å². The average molecular weight is 271 g/mol. The summed E-state index contributed by atoms with van der Waals surface area (Å²) in [4.78, 5) is 15.6. The summed E-state index contributed by atoms with van der Waals surface area (Å²) in [7, 11) is 0. The number of nitrogen functional groups attached to an aromatic ring is 1. The third kappa shape index (κ3) is 2.39. The number of nitrogens with one attached hydrogen (secondary N) is 1. The number of imidazole rings is 1. The number of benzene rings is 1. The van der Waals surface area contributed by atoms with Crippen LogP contribution in [0, 0.1) is 0 Å². The van der Waals surface area contributed by atoms with Crippen molar-refractivity contribution in [1.29, 1.82) is 0 Å². The van der Waals surface area contributed by atoms with Gasteiger partial charge in [0.1, 0.15) is 16.9 Å². The predicted molar refractivity (Wildman–Crippen MR) is 76.8 cm³/mol. The maximum absolute atomic E-state index is 5.70. The van der Waals surface area contributed by atoms with Gasteiger partial charge in [-0.25, -0.2) is 15.0 Å². The monoisotopic (exact) mass is 271 g/mol. The van der Waals surface area contributed by atoms with Gasteiger partial charge in [-0.3, -0.25) is 0 Å². The molecule has 1 atom stereocenters. The standard InChI is InChI=1S/C13H13N5S/c1-8(9-2-4-10(14)5-3-9)19-13-11-12(16-6-15-11)17-7-18-13/h2-8H,14H2,1H3,(H,15,16,17,18). The quantitative estimate of drug-likeness (QED) is 0.435. The van der Waals surface area contributed by atoms with Crippen molar-refractivity contribution >= 4 is 28.6 Å². The minimum Gasteiger partial charge on any atom is -0.399 e. The molecule has 2 aromatic heterocycles. The summed E-state index contributed by atoms with van der Waals surface area (Å²) >= 11 is 1.67. The average Bonchev–Trinajstić information content (AvgIpc) is 2.89. The first kappa shape index (κ1) is 12.0. The number of fused-ring (bicyclic) bond motifs is 1. The van der Waals surface area contributed by atoms with Crippen LogP contribution < -0.4 is 5.73 Å². The normalized spacial score (nSPS) is 12.7. The Hall–Kier alpha value is -2.08. The van der Waals surface area contributed by atoms with Gasteiger partial charge in [-0.15, -0.1) is 0 Å². The molecular weight excluding hydrogens is 258 g/mol. The SMILES string of the molecule is CC(Sc1ncnc2nc[nH]c12)c1ccc(N)cc1. The zero-order valence-corrected chi connectivity index (χ0v) is 11.2. The van der Waals surface area contributed by atoms with Crippen molar-refractivity contribution in [1.82, 2.24) is 19.9 Å². The molecule has 19 heavy (non-hydrogen) atoms. The van der Waals surface area contributed by atoms with Crippen LogP contribution in [0.3, 0.4) is 0 Å². The van der Waals surface area contributed by atoms with E-state index in [1.807, 2.05) is 24.3 Å². The molecule has 0 aliphatic rings. The molecule has 0 amide bonds. The molecule has 96 valence electrons. The number of nitrogens with two attached hydrogens (primary N) is 1. The summed E-state index contributed by atoms with van der Waals surface area (Å²) in [5, 5.41) is 1.19. The molecule has 3 rings (SSSR count). The number of H-pyrrole nitrogens is 1. The van der Waals surface area contributed by atoms with Crippen LogP contribution in [0.5, 0.6) is 0 Å². The Kier molecular flexibility index (Phi) is 3.08. The molecule has 1 aromatic carbocycles. The van der Waals surface area contributed by atoms with Crippen molar-refractivity contribution in [3.05, 3.63) is 42.5 Å². The van der Waals surface area contributed by atoms with Gasteiger partial charge in [0.2, 0.25) is 0 Å². The third-order valence-corrected chi connectivity index (χ3v) is 4.04. The molecule has 0 aliphatic heterocycles. The van der Waals surface area contributed by atoms with Crippen LogP contribution in [0.25, 0.3) is 11.2 Å². The maximum atomic E-state index is 5.70. The zero-order valence-electron chi connectivity index (χ0n) is 10.4. The van der Waals surface area contributed by atoms with Gasteiger partial charge in [0.15, 0.2) is 5.65 Å². The van der Waals surface area contributed by atoms with Gasteiger partial charge in [0.05, 0.1) is 6.33 Å². The summed E-state index contributed by atoms with van der Waals surface area (Å²) < 4.78 is 0. The second-order valence-corrected chi connectivity index (χ2v) is 5.54. The molecule has 0 fully saturated rings. The van der Waals surface area contributed by atoms with Crippen LogP contribution in [0.4, 0.5) is 5.69 Å². The highest BCUT2D eigenvalue weighted by Gasteiger charge is 2.12. The van der Waals surface area contributed by atoms with E-state index >= 15 is 0 Å². The fourth-order valence-electron chi connectivity index (χ4n) is 1.83. The summed E-state index contributed by atoms with van der Waals surface area (Å²) in [5.74, 6) is 0. The fraction of sp³-hybridized carbons (Fsp3) is 0.154. The number of aromatic nitrogens is 4. The van der Waals surface area contributed by atoms with Gasteiger partial charge in [0, 0.05) is 10.9 Å². The molecule has 0 aliphatic carbocycles. The van der Waals surface area contributed by atoms with Crippen LogP contribution in [0.2, 0.25) is 0 Å². The Morgan fingerprint density at radius 3 is 2.74 bits per heavy atom. The van der Waals surface area contributed by atoms with Crippen LogP contribution >= 0.6 is 11.8 Å². The number of thioether (sulfide) groups is 1. The molecule has 3 aromatic rings. The van der Waals surface area contributed by atoms with Crippen LogP contribution in [0.15, 0.2) is 41.9 Å². The molecule has 0 saturated heterocycles. The highest BCUT2D eigenvalue weighted by Crippen LogP contribution is 2.35. The first-order valence-corrected chi connectivity index (χ1v) is 6.78. The topological polar surface area (TPSA) is 80.5 Å². The lowest BCUT2D eigenvalue weighted by Gasteiger charge is -2.11. The lowest BCUT2D eigenvalue weighted by atomic mass is 10.1. The van der Waals surface area contributed by atoms with Gasteiger partial charge in [-0.1, -0.05) is 23.9 Å². The molecule has 1 unspecified atom stereocenters. The van der Waals surface area contributed by atoms with E-state index in [4.69, 9.17) is 5.73 Å². The maximum Gasteiger partial charge on any atom is 0.181 e. The van der Waals surface area contributed by atoms with Gasteiger partial charge >= 0.3 is 0 Å². The molecule has 0 spiro atoms. The van der Waals surface area contributed by atoms with Crippen molar-refractivity contribution in [3.8, 4) is 0 Å². The van der Waals surface area contributed by atoms with E-state index in [0.29, 0.717) is 5.65 Å². The number of hydrogen-bond donors (Lipinski definition) is 2. The smallest absolute Gasteiger partial charge is 0.181 e. The van der Waals surface area contributed by atoms with Crippen molar-refractivity contribution in [2.45, 2.75) is 17.2 Å². The van der Waals surface area contributed by atoms with Crippen molar-refractivity contribution in [2.75, 3.05) is 5.73 Å². The molecule has 6 heteroatoms. The lowest BCUT2D eigenvalue weighted by molar-refractivity contribution is 1.05. The van der Waals surface area contributed by atoms with E-state index in [0.717, 1.165) is 16.2 Å². The fourth-order valence-corrected chi connectivity index (χ4v) is 2.84. The second kappa shape index (κ2) is 4.89. The molecule has 0 bridgehead atoms. The summed E-state index contributed by atoms with van der Waals surface area (Å²) in [6, 6.07) is 7.91. The Morgan fingerprint density at radius 1 is 1.16 bits per heavy atom. The van der Waals surface area contributed by atoms with E-state index in [9.17, 15) is 0 Å². The Labute approximate surface area is 114 Å². The number of aromatic amines is 1. The van der Waals surface area contributed by atoms with E-state index in [2.05, 4.69) is 26.9 Å². The van der Waals surface area contributed by atoms with Crippen LogP contribution in [0.1, 0.15) is 17.7 Å². The predicted octanol–water partition coefficient (Wildman–Crippen LogP) is 2.79. The Balaban J connectivity index is 1.88. The zero-order chi connectivity index (χ0) is 13.2. The van der Waals surface area contributed by atoms with Gasteiger partial charge in [-0.2, -0.15) is 0 Å². The molecule has 3 N–H and O–H groups in total. The lowest BCUT2D eigenvalue weighted by Crippen LogP contribution is -1.93. The highest BCUT2D eigenvalue weighted by molar-refractivity contribution is 7.99. The molecule has 0 saturated carbocycles. The summed E-state index contributed by atoms with van der Waals surface area (Å²) in [6.45, 7) is 2.14. The van der Waals surface area contributed by atoms with E-state index in [1.54, 1.807) is 24.4 Å². The second-order valence-electron chi connectivity index (χ2n) is 4.21. The van der Waals surface area contributed by atoms with Gasteiger partial charge < -0.3 is 10.7 Å². The summed E-state index contributed by atoms with van der Waals surface area (Å²) in [6.07, 6.45) is 3.18. The van der Waals surface area contributed by atoms with Crippen LogP contribution in [-0.2, 0) is 0 Å². The summed E-state index contributed by atoms with van der Waals surface area (Å²) in [5.41, 5.74) is 9.27. The van der Waals surface area contributed by atoms with Crippen molar-refractivity contribution in [2.24, 2.45) is 0 Å². The molecule has 2 heterocycles. The minimum absolute atomic E-state index is 0.280. The van der Waals surface area contributed by atoms with Gasteiger partial charge in [0.25, 0.3) is 0 Å².